The fourth-order valence-corrected chi connectivity index (χ4v) is 5.40. The maximum absolute atomic E-state index is 12.9. The Morgan fingerprint density at radius 2 is 1.64 bits per heavy atom. The quantitative estimate of drug-likeness (QED) is 0.0934. The molecule has 1 fully saturated rings. The number of hydrogen-bond donors (Lipinski definition) is 4. The highest BCUT2D eigenvalue weighted by atomic mass is 16.2. The van der Waals surface area contributed by atoms with E-state index in [4.69, 9.17) is 0 Å². The number of hydrogen-bond acceptors (Lipinski definition) is 9. The summed E-state index contributed by atoms with van der Waals surface area (Å²) in [5.74, 6) is -1.41. The highest BCUT2D eigenvalue weighted by molar-refractivity contribution is 6.09. The molecule has 1 aliphatic rings. The SMILES string of the molecule is CN(C(=O)c1c(C=O)cccc1NCCC=O)C1CCC(=O)NC1=O.CNC(C)c1cccc2ccccc12.CNc1ccc(C)c(C=O)c1. The number of nitrogens with zero attached hydrogens (tertiary/aromatic N) is 1. The van der Waals surface area contributed by atoms with Gasteiger partial charge >= 0.3 is 0 Å². The van der Waals surface area contributed by atoms with Gasteiger partial charge in [0, 0.05) is 62.0 Å². The van der Waals surface area contributed by atoms with Crippen molar-refractivity contribution >= 4 is 58.7 Å². The Hall–Kier alpha value is -5.68. The molecule has 11 nitrogen and oxygen atoms in total. The van der Waals surface area contributed by atoms with Crippen molar-refractivity contribution < 1.29 is 28.8 Å². The van der Waals surface area contributed by atoms with E-state index in [9.17, 15) is 28.8 Å². The molecular weight excluding hydrogens is 634 g/mol. The molecule has 0 bridgehead atoms. The van der Waals surface area contributed by atoms with Gasteiger partial charge in [0.05, 0.1) is 5.56 Å². The van der Waals surface area contributed by atoms with Crippen LogP contribution in [0.2, 0.25) is 0 Å². The van der Waals surface area contributed by atoms with Crippen LogP contribution < -0.4 is 21.3 Å². The van der Waals surface area contributed by atoms with Crippen molar-refractivity contribution in [3.8, 4) is 0 Å². The summed E-state index contributed by atoms with van der Waals surface area (Å²) in [7, 11) is 5.28. The molecule has 1 aliphatic heterocycles. The van der Waals surface area contributed by atoms with E-state index in [1.54, 1.807) is 12.1 Å². The van der Waals surface area contributed by atoms with E-state index in [0.29, 0.717) is 24.6 Å². The van der Waals surface area contributed by atoms with Crippen LogP contribution in [0.15, 0.2) is 78.9 Å². The molecule has 4 aromatic rings. The van der Waals surface area contributed by atoms with Crippen LogP contribution in [0, 0.1) is 6.92 Å². The molecule has 2 unspecified atom stereocenters. The highest BCUT2D eigenvalue weighted by Crippen LogP contribution is 2.24. The van der Waals surface area contributed by atoms with Gasteiger partial charge in [-0.3, -0.25) is 29.3 Å². The smallest absolute Gasteiger partial charge is 0.257 e. The van der Waals surface area contributed by atoms with E-state index in [1.165, 1.54) is 34.3 Å². The fourth-order valence-electron chi connectivity index (χ4n) is 5.40. The summed E-state index contributed by atoms with van der Waals surface area (Å²) in [6.07, 6.45) is 2.81. The van der Waals surface area contributed by atoms with E-state index in [1.807, 2.05) is 39.2 Å². The fraction of sp³-hybridized carbons (Fsp3) is 0.282. The number of piperidine rings is 1. The van der Waals surface area contributed by atoms with Gasteiger partial charge in [-0.2, -0.15) is 0 Å². The predicted octanol–water partition coefficient (Wildman–Crippen LogP) is 5.35. The number of rotatable bonds is 11. The second kappa shape index (κ2) is 19.4. The average molecular weight is 680 g/mol. The summed E-state index contributed by atoms with van der Waals surface area (Å²) >= 11 is 0. The molecule has 11 heteroatoms. The van der Waals surface area contributed by atoms with Crippen LogP contribution >= 0.6 is 0 Å². The lowest BCUT2D eigenvalue weighted by Gasteiger charge is -2.30. The Morgan fingerprint density at radius 1 is 0.940 bits per heavy atom. The van der Waals surface area contributed by atoms with E-state index < -0.39 is 17.9 Å². The molecule has 0 saturated carbocycles. The first-order valence-corrected chi connectivity index (χ1v) is 16.3. The first kappa shape index (κ1) is 38.8. The maximum atomic E-state index is 12.9. The van der Waals surface area contributed by atoms with Crippen molar-refractivity contribution in [2.24, 2.45) is 0 Å². The Bertz CT molecular complexity index is 1820. The number of carbonyl (C=O) groups excluding carboxylic acids is 6. The van der Waals surface area contributed by atoms with Gasteiger partial charge in [0.2, 0.25) is 11.8 Å². The molecule has 0 aliphatic carbocycles. The summed E-state index contributed by atoms with van der Waals surface area (Å²) in [6, 6.07) is 25.0. The third kappa shape index (κ3) is 10.2. The van der Waals surface area contributed by atoms with Crippen LogP contribution in [0.4, 0.5) is 11.4 Å². The van der Waals surface area contributed by atoms with Gasteiger partial charge in [0.15, 0.2) is 6.29 Å². The van der Waals surface area contributed by atoms with Crippen LogP contribution in [-0.2, 0) is 14.4 Å². The summed E-state index contributed by atoms with van der Waals surface area (Å²) in [5.41, 5.74) is 4.82. The Morgan fingerprint density at radius 3 is 2.30 bits per heavy atom. The molecule has 4 aromatic carbocycles. The van der Waals surface area contributed by atoms with Crippen molar-refractivity contribution in [3.63, 3.8) is 0 Å². The van der Waals surface area contributed by atoms with Gasteiger partial charge in [0.25, 0.3) is 5.91 Å². The molecule has 3 amide bonds. The number of amides is 3. The van der Waals surface area contributed by atoms with E-state index in [-0.39, 0.29) is 36.3 Å². The van der Waals surface area contributed by atoms with Crippen LogP contribution in [0.3, 0.4) is 0 Å². The summed E-state index contributed by atoms with van der Waals surface area (Å²) in [5, 5.41) is 14.1. The lowest BCUT2D eigenvalue weighted by Crippen LogP contribution is -2.53. The van der Waals surface area contributed by atoms with Crippen LogP contribution in [0.25, 0.3) is 10.8 Å². The summed E-state index contributed by atoms with van der Waals surface area (Å²) in [4.78, 5) is 69.7. The summed E-state index contributed by atoms with van der Waals surface area (Å²) in [6.45, 7) is 4.42. The molecule has 5 rings (SSSR count). The molecule has 1 heterocycles. The summed E-state index contributed by atoms with van der Waals surface area (Å²) < 4.78 is 0. The van der Waals surface area contributed by atoms with E-state index in [2.05, 4.69) is 70.7 Å². The molecule has 0 spiro atoms. The zero-order valence-corrected chi connectivity index (χ0v) is 29.1. The minimum atomic E-state index is -0.785. The molecule has 0 aromatic heterocycles. The first-order valence-electron chi connectivity index (χ1n) is 16.3. The predicted molar refractivity (Wildman–Crippen MR) is 197 cm³/mol. The number of aryl methyl sites for hydroxylation is 1. The number of carbonyl (C=O) groups is 6. The van der Waals surface area contributed by atoms with Crippen molar-refractivity contribution in [1.29, 1.82) is 0 Å². The third-order valence-electron chi connectivity index (χ3n) is 8.43. The standard InChI is InChI=1S/C17H19N3O5.C13H15N.C9H11NO/c1-20(13-6-7-14(23)19-16(13)24)17(25)15-11(10-22)4-2-5-12(15)18-8-3-9-21;1-10(14-2)12-9-5-7-11-6-3-4-8-13(11)12;1-7-3-4-9(10-2)5-8(7)6-11/h2,4-5,9-10,13,18H,3,6-8H2,1H3,(H,19,23,24);3-10,14H,1-2H3;3-6,10H,1-2H3. The Balaban J connectivity index is 0.000000226. The van der Waals surface area contributed by atoms with Gasteiger partial charge in [-0.25, -0.2) is 0 Å². The van der Waals surface area contributed by atoms with Crippen molar-refractivity contribution in [2.75, 3.05) is 38.3 Å². The number of nitrogens with one attached hydrogen (secondary N) is 4. The number of benzene rings is 4. The van der Waals surface area contributed by atoms with Crippen molar-refractivity contribution in [3.05, 3.63) is 107 Å². The molecule has 4 N–H and O–H groups in total. The molecule has 2 atom stereocenters. The van der Waals surface area contributed by atoms with Crippen LogP contribution in [0.1, 0.15) is 74.4 Å². The lowest BCUT2D eigenvalue weighted by atomic mass is 10.00. The number of anilines is 2. The van der Waals surface area contributed by atoms with Gasteiger partial charge in [-0.05, 0) is 67.4 Å². The van der Waals surface area contributed by atoms with Crippen molar-refractivity contribution in [1.82, 2.24) is 15.5 Å². The monoisotopic (exact) mass is 679 g/mol. The number of aldehydes is 3. The molecule has 1 saturated heterocycles. The minimum absolute atomic E-state index is 0.135. The van der Waals surface area contributed by atoms with Gasteiger partial charge in [-0.15, -0.1) is 0 Å². The largest absolute Gasteiger partial charge is 0.388 e. The first-order chi connectivity index (χ1) is 24.1. The topological polar surface area (TPSA) is 154 Å². The van der Waals surface area contributed by atoms with Crippen molar-refractivity contribution in [2.45, 2.75) is 45.2 Å². The number of likely N-dealkylation sites (N-methyl/N-ethyl adjacent to an activating group) is 1. The lowest BCUT2D eigenvalue weighted by molar-refractivity contribution is -0.136. The normalized spacial score (nSPS) is 14.1. The highest BCUT2D eigenvalue weighted by Gasteiger charge is 2.34. The molecular formula is C39H45N5O6. The minimum Gasteiger partial charge on any atom is -0.388 e. The van der Waals surface area contributed by atoms with Gasteiger partial charge in [0.1, 0.15) is 18.6 Å². The van der Waals surface area contributed by atoms with Crippen LogP contribution in [-0.4, -0.2) is 75.2 Å². The van der Waals surface area contributed by atoms with E-state index >= 15 is 0 Å². The molecule has 262 valence electrons. The zero-order chi connectivity index (χ0) is 36.6. The molecule has 50 heavy (non-hydrogen) atoms. The average Bonchev–Trinajstić information content (AvgIpc) is 3.14. The Labute approximate surface area is 292 Å². The maximum Gasteiger partial charge on any atom is 0.257 e. The second-order valence-electron chi connectivity index (χ2n) is 11.7. The van der Waals surface area contributed by atoms with Crippen LogP contribution in [0.5, 0.6) is 0 Å². The Kier molecular flexibility index (Phi) is 15.0. The van der Waals surface area contributed by atoms with Gasteiger partial charge < -0.3 is 25.6 Å². The van der Waals surface area contributed by atoms with Gasteiger partial charge in [-0.1, -0.05) is 60.7 Å². The van der Waals surface area contributed by atoms with E-state index in [0.717, 1.165) is 29.4 Å². The number of imide groups is 1. The zero-order valence-electron chi connectivity index (χ0n) is 29.1. The third-order valence-corrected chi connectivity index (χ3v) is 8.43. The number of fused-ring (bicyclic) bond motifs is 1. The second-order valence-corrected chi connectivity index (χ2v) is 11.7. The molecule has 0 radical (unpaired) electrons.